The molecule has 0 aliphatic rings. The number of carbonyl (C=O) groups is 2. The van der Waals surface area contributed by atoms with Crippen molar-refractivity contribution in [2.45, 2.75) is 20.8 Å². The topological polar surface area (TPSA) is 97.1 Å². The minimum absolute atomic E-state index is 0.0143. The third-order valence-electron chi connectivity index (χ3n) is 4.97. The average molecular weight is 436 g/mol. The van der Waals surface area contributed by atoms with Crippen LogP contribution in [0.15, 0.2) is 47.1 Å². The van der Waals surface area contributed by atoms with Crippen molar-refractivity contribution in [3.63, 3.8) is 0 Å². The van der Waals surface area contributed by atoms with Gasteiger partial charge in [0, 0.05) is 11.8 Å². The van der Waals surface area contributed by atoms with Crippen molar-refractivity contribution in [2.24, 2.45) is 0 Å². The fourth-order valence-electron chi connectivity index (χ4n) is 3.18. The molecule has 0 unspecified atom stereocenters. The summed E-state index contributed by atoms with van der Waals surface area (Å²) < 4.78 is 33.4. The predicted octanol–water partition coefficient (Wildman–Crippen LogP) is 4.93. The van der Waals surface area contributed by atoms with Gasteiger partial charge < -0.3 is 15.1 Å². The SMILES string of the molecule is Cc1nc2cc(F)cc(C(=O)Nc3ccc(F)c(NC(=O)c4ccoc4C)c3)c2nc1C. The van der Waals surface area contributed by atoms with Gasteiger partial charge in [0.05, 0.1) is 40.0 Å². The molecular formula is C23H18F2N4O3. The van der Waals surface area contributed by atoms with Crippen LogP contribution in [0.4, 0.5) is 20.2 Å². The zero-order valence-electron chi connectivity index (χ0n) is 17.4. The molecule has 2 aromatic heterocycles. The Bertz CT molecular complexity index is 1380. The van der Waals surface area contributed by atoms with Crippen molar-refractivity contribution in [2.75, 3.05) is 10.6 Å². The quantitative estimate of drug-likeness (QED) is 0.473. The van der Waals surface area contributed by atoms with E-state index in [0.717, 1.165) is 12.1 Å². The van der Waals surface area contributed by atoms with Crippen LogP contribution in [-0.4, -0.2) is 21.8 Å². The zero-order chi connectivity index (χ0) is 23.0. The molecule has 9 heteroatoms. The van der Waals surface area contributed by atoms with Gasteiger partial charge in [0.2, 0.25) is 0 Å². The number of nitrogens with zero attached hydrogens (tertiary/aromatic N) is 2. The second-order valence-corrected chi connectivity index (χ2v) is 7.21. The lowest BCUT2D eigenvalue weighted by atomic mass is 10.1. The van der Waals surface area contributed by atoms with Crippen LogP contribution in [-0.2, 0) is 0 Å². The van der Waals surface area contributed by atoms with Gasteiger partial charge in [0.1, 0.15) is 22.9 Å². The summed E-state index contributed by atoms with van der Waals surface area (Å²) in [4.78, 5) is 33.9. The largest absolute Gasteiger partial charge is 0.469 e. The molecule has 4 rings (SSSR count). The normalized spacial score (nSPS) is 10.9. The molecule has 0 aliphatic heterocycles. The molecule has 2 amide bonds. The molecule has 0 bridgehead atoms. The Kier molecular flexibility index (Phi) is 5.40. The van der Waals surface area contributed by atoms with E-state index in [9.17, 15) is 18.4 Å². The lowest BCUT2D eigenvalue weighted by Crippen LogP contribution is -2.16. The third-order valence-corrected chi connectivity index (χ3v) is 4.97. The van der Waals surface area contributed by atoms with E-state index in [1.165, 1.54) is 30.5 Å². The number of rotatable bonds is 4. The molecule has 32 heavy (non-hydrogen) atoms. The van der Waals surface area contributed by atoms with Gasteiger partial charge in [-0.3, -0.25) is 9.59 Å². The van der Waals surface area contributed by atoms with Crippen molar-refractivity contribution < 1.29 is 22.8 Å². The van der Waals surface area contributed by atoms with Crippen molar-refractivity contribution in [1.82, 2.24) is 9.97 Å². The van der Waals surface area contributed by atoms with Crippen molar-refractivity contribution in [1.29, 1.82) is 0 Å². The average Bonchev–Trinajstić information content (AvgIpc) is 3.17. The number of halogens is 2. The van der Waals surface area contributed by atoms with Crippen LogP contribution in [0, 0.1) is 32.4 Å². The van der Waals surface area contributed by atoms with Crippen LogP contribution in [0.3, 0.4) is 0 Å². The van der Waals surface area contributed by atoms with E-state index in [0.29, 0.717) is 17.1 Å². The molecule has 0 atom stereocenters. The van der Waals surface area contributed by atoms with Gasteiger partial charge in [-0.25, -0.2) is 18.7 Å². The highest BCUT2D eigenvalue weighted by molar-refractivity contribution is 6.12. The Labute approximate surface area is 181 Å². The number of hydrogen-bond donors (Lipinski definition) is 2. The zero-order valence-corrected chi connectivity index (χ0v) is 17.4. The number of hydrogen-bond acceptors (Lipinski definition) is 5. The van der Waals surface area contributed by atoms with Gasteiger partial charge in [-0.05, 0) is 51.1 Å². The number of anilines is 2. The first-order valence-electron chi connectivity index (χ1n) is 9.64. The molecule has 0 saturated carbocycles. The summed E-state index contributed by atoms with van der Waals surface area (Å²) >= 11 is 0. The summed E-state index contributed by atoms with van der Waals surface area (Å²) in [7, 11) is 0. The monoisotopic (exact) mass is 436 g/mol. The minimum atomic E-state index is -0.689. The molecule has 4 aromatic rings. The van der Waals surface area contributed by atoms with Gasteiger partial charge >= 0.3 is 0 Å². The Hall–Kier alpha value is -4.14. The fraction of sp³-hybridized carbons (Fsp3) is 0.130. The highest BCUT2D eigenvalue weighted by Crippen LogP contribution is 2.24. The van der Waals surface area contributed by atoms with Gasteiger partial charge in [-0.2, -0.15) is 0 Å². The molecule has 2 heterocycles. The Morgan fingerprint density at radius 3 is 2.31 bits per heavy atom. The summed E-state index contributed by atoms with van der Waals surface area (Å²) in [5.41, 5.74) is 2.04. The molecule has 0 radical (unpaired) electrons. The predicted molar refractivity (Wildman–Crippen MR) is 115 cm³/mol. The van der Waals surface area contributed by atoms with Crippen LogP contribution in [0.2, 0.25) is 0 Å². The second-order valence-electron chi connectivity index (χ2n) is 7.21. The van der Waals surface area contributed by atoms with Gasteiger partial charge in [0.15, 0.2) is 0 Å². The summed E-state index contributed by atoms with van der Waals surface area (Å²) in [5, 5.41) is 5.04. The van der Waals surface area contributed by atoms with E-state index < -0.39 is 23.4 Å². The standard InChI is InChI=1S/C23H18F2N4O3/c1-11-12(2)27-21-17(8-14(24)9-20(21)26-11)23(31)28-15-4-5-18(25)19(10-15)29-22(30)16-6-7-32-13(16)3/h4-10H,1-3H3,(H,28,31)(H,29,30). The van der Waals surface area contributed by atoms with E-state index in [-0.39, 0.29) is 33.5 Å². The maximum absolute atomic E-state index is 14.3. The lowest BCUT2D eigenvalue weighted by molar-refractivity contribution is 0.101. The first kappa shape index (κ1) is 21.1. The van der Waals surface area contributed by atoms with E-state index in [1.807, 2.05) is 0 Å². The van der Waals surface area contributed by atoms with Crippen molar-refractivity contribution in [3.8, 4) is 0 Å². The number of furan rings is 1. The molecule has 162 valence electrons. The Morgan fingerprint density at radius 1 is 0.875 bits per heavy atom. The number of amides is 2. The molecular weight excluding hydrogens is 418 g/mol. The van der Waals surface area contributed by atoms with Crippen LogP contribution < -0.4 is 10.6 Å². The Balaban J connectivity index is 1.63. The van der Waals surface area contributed by atoms with Gasteiger partial charge in [0.25, 0.3) is 11.8 Å². The maximum Gasteiger partial charge on any atom is 0.259 e. The Morgan fingerprint density at radius 2 is 1.59 bits per heavy atom. The number of fused-ring (bicyclic) bond motifs is 1. The second kappa shape index (κ2) is 8.18. The molecule has 2 aromatic carbocycles. The summed E-state index contributed by atoms with van der Waals surface area (Å²) in [6, 6.07) is 7.43. The molecule has 0 spiro atoms. The van der Waals surface area contributed by atoms with E-state index in [4.69, 9.17) is 4.42 Å². The minimum Gasteiger partial charge on any atom is -0.469 e. The van der Waals surface area contributed by atoms with Crippen molar-refractivity contribution >= 4 is 34.2 Å². The number of aryl methyl sites for hydroxylation is 3. The smallest absolute Gasteiger partial charge is 0.259 e. The summed E-state index contributed by atoms with van der Waals surface area (Å²) in [6.45, 7) is 5.09. The number of aromatic nitrogens is 2. The molecule has 0 aliphatic carbocycles. The van der Waals surface area contributed by atoms with Crippen LogP contribution in [0.25, 0.3) is 11.0 Å². The van der Waals surface area contributed by atoms with Crippen LogP contribution in [0.5, 0.6) is 0 Å². The first-order valence-corrected chi connectivity index (χ1v) is 9.64. The number of nitrogens with one attached hydrogen (secondary N) is 2. The lowest BCUT2D eigenvalue weighted by Gasteiger charge is -2.11. The van der Waals surface area contributed by atoms with Crippen molar-refractivity contribution in [3.05, 3.63) is 82.6 Å². The van der Waals surface area contributed by atoms with Gasteiger partial charge in [-0.1, -0.05) is 0 Å². The van der Waals surface area contributed by atoms with Crippen LogP contribution >= 0.6 is 0 Å². The van der Waals surface area contributed by atoms with E-state index in [1.54, 1.807) is 20.8 Å². The molecule has 7 nitrogen and oxygen atoms in total. The van der Waals surface area contributed by atoms with E-state index in [2.05, 4.69) is 20.6 Å². The first-order chi connectivity index (χ1) is 15.2. The third kappa shape index (κ3) is 4.04. The van der Waals surface area contributed by atoms with Crippen LogP contribution in [0.1, 0.15) is 37.9 Å². The number of benzene rings is 2. The van der Waals surface area contributed by atoms with Gasteiger partial charge in [-0.15, -0.1) is 0 Å². The fourth-order valence-corrected chi connectivity index (χ4v) is 3.18. The van der Waals surface area contributed by atoms with E-state index >= 15 is 0 Å². The molecule has 2 N–H and O–H groups in total. The highest BCUT2D eigenvalue weighted by Gasteiger charge is 2.18. The maximum atomic E-state index is 14.3. The number of carbonyl (C=O) groups excluding carboxylic acids is 2. The molecule has 0 saturated heterocycles. The summed E-state index contributed by atoms with van der Waals surface area (Å²) in [6.07, 6.45) is 1.35. The summed E-state index contributed by atoms with van der Waals surface area (Å²) in [5.74, 6) is -2.15. The molecule has 0 fully saturated rings. The highest BCUT2D eigenvalue weighted by atomic mass is 19.1.